The molecule has 1 aliphatic heterocycles. The highest BCUT2D eigenvalue weighted by Crippen LogP contribution is 2.33. The Bertz CT molecular complexity index is 767. The molecule has 1 heterocycles. The van der Waals surface area contributed by atoms with Gasteiger partial charge in [-0.2, -0.15) is 0 Å². The average Bonchev–Trinajstić information content (AvgIpc) is 3.09. The van der Waals surface area contributed by atoms with E-state index in [2.05, 4.69) is 36.1 Å². The summed E-state index contributed by atoms with van der Waals surface area (Å²) in [5.74, 6) is 1.57. The molecule has 0 saturated carbocycles. The van der Waals surface area contributed by atoms with E-state index in [1.54, 1.807) is 0 Å². The van der Waals surface area contributed by atoms with Crippen molar-refractivity contribution < 1.29 is 19.3 Å². The number of hydrogen-bond donors (Lipinski definition) is 1. The number of benzene rings is 2. The first-order valence-corrected chi connectivity index (χ1v) is 9.77. The van der Waals surface area contributed by atoms with Crippen molar-refractivity contribution in [2.24, 2.45) is 0 Å². The van der Waals surface area contributed by atoms with Crippen LogP contribution in [0.4, 0.5) is 0 Å². The van der Waals surface area contributed by atoms with Gasteiger partial charge < -0.3 is 19.3 Å². The van der Waals surface area contributed by atoms with Crippen LogP contribution in [-0.4, -0.2) is 41.7 Å². The highest BCUT2D eigenvalue weighted by atomic mass is 16.7. The summed E-state index contributed by atoms with van der Waals surface area (Å²) in [5.41, 5.74) is 3.32. The minimum Gasteiger partial charge on any atom is -0.454 e. The molecule has 2 aromatic carbocycles. The molecule has 0 saturated heterocycles. The minimum atomic E-state index is -0.557. The first-order chi connectivity index (χ1) is 13.3. The van der Waals surface area contributed by atoms with Crippen LogP contribution in [0.15, 0.2) is 42.5 Å². The van der Waals surface area contributed by atoms with E-state index < -0.39 is 6.10 Å². The van der Waals surface area contributed by atoms with E-state index in [0.717, 1.165) is 23.6 Å². The molecule has 5 heteroatoms. The predicted molar refractivity (Wildman–Crippen MR) is 110 cm³/mol. The third kappa shape index (κ3) is 6.23. The largest absolute Gasteiger partial charge is 0.454 e. The van der Waals surface area contributed by atoms with E-state index in [9.17, 15) is 5.11 Å². The quantitative estimate of drug-likeness (QED) is 0.747. The molecule has 5 nitrogen and oxygen atoms in total. The number of hydrogen-bond acceptors (Lipinski definition) is 5. The van der Waals surface area contributed by atoms with Crippen molar-refractivity contribution in [2.45, 2.75) is 52.5 Å². The Balaban J connectivity index is 1.69. The maximum absolute atomic E-state index is 10.5. The first-order valence-electron chi connectivity index (χ1n) is 9.77. The highest BCUT2D eigenvalue weighted by Gasteiger charge is 2.19. The normalized spacial score (nSPS) is 14.5. The van der Waals surface area contributed by atoms with Crippen molar-refractivity contribution in [1.29, 1.82) is 0 Å². The Hall–Kier alpha value is -2.08. The summed E-state index contributed by atoms with van der Waals surface area (Å²) in [6, 6.07) is 14.5. The number of ether oxygens (including phenoxy) is 3. The fourth-order valence-electron chi connectivity index (χ4n) is 3.13. The van der Waals surface area contributed by atoms with Crippen molar-refractivity contribution >= 4 is 0 Å². The molecule has 0 aliphatic carbocycles. The summed E-state index contributed by atoms with van der Waals surface area (Å²) in [5, 5.41) is 10.5. The SMILES string of the molecule is Cc1ccc(CN(Cc2ccc3c(c2)OCO3)CC(O)COC(C)(C)C)cc1. The van der Waals surface area contributed by atoms with Gasteiger partial charge in [-0.15, -0.1) is 0 Å². The number of aryl methyl sites for hydroxylation is 1. The predicted octanol–water partition coefficient (Wildman–Crippen LogP) is 3.90. The van der Waals surface area contributed by atoms with Crippen LogP contribution in [0, 0.1) is 6.92 Å². The molecule has 2 aromatic rings. The summed E-state index contributed by atoms with van der Waals surface area (Å²) < 4.78 is 16.7. The van der Waals surface area contributed by atoms with Gasteiger partial charge in [-0.25, -0.2) is 0 Å². The van der Waals surface area contributed by atoms with Crippen LogP contribution >= 0.6 is 0 Å². The summed E-state index contributed by atoms with van der Waals surface area (Å²) in [4.78, 5) is 2.24. The Kier molecular flexibility index (Phi) is 6.60. The van der Waals surface area contributed by atoms with E-state index >= 15 is 0 Å². The standard InChI is InChI=1S/C23H31NO4/c1-17-5-7-18(8-6-17)12-24(14-20(25)15-28-23(2,3)4)13-19-9-10-21-22(11-19)27-16-26-21/h5-11,20,25H,12-16H2,1-4H3. The molecule has 0 spiro atoms. The highest BCUT2D eigenvalue weighted by molar-refractivity contribution is 5.44. The van der Waals surface area contributed by atoms with Gasteiger partial charge in [0.25, 0.3) is 0 Å². The van der Waals surface area contributed by atoms with Crippen molar-refractivity contribution in [1.82, 2.24) is 4.90 Å². The van der Waals surface area contributed by atoms with Crippen molar-refractivity contribution in [3.8, 4) is 11.5 Å². The molecule has 0 radical (unpaired) electrons. The van der Waals surface area contributed by atoms with Crippen LogP contribution in [-0.2, 0) is 17.8 Å². The van der Waals surface area contributed by atoms with Crippen molar-refractivity contribution in [2.75, 3.05) is 19.9 Å². The first kappa shape index (κ1) is 20.6. The fourth-order valence-corrected chi connectivity index (χ4v) is 3.13. The van der Waals surface area contributed by atoms with Gasteiger partial charge in [0.2, 0.25) is 6.79 Å². The lowest BCUT2D eigenvalue weighted by atomic mass is 10.1. The van der Waals surface area contributed by atoms with Gasteiger partial charge in [-0.1, -0.05) is 35.9 Å². The van der Waals surface area contributed by atoms with Crippen LogP contribution in [0.5, 0.6) is 11.5 Å². The molecular weight excluding hydrogens is 354 g/mol. The van der Waals surface area contributed by atoms with Gasteiger partial charge in [-0.05, 0) is 51.0 Å². The lowest BCUT2D eigenvalue weighted by Crippen LogP contribution is -2.36. The molecule has 28 heavy (non-hydrogen) atoms. The van der Waals surface area contributed by atoms with Gasteiger partial charge in [0, 0.05) is 19.6 Å². The number of fused-ring (bicyclic) bond motifs is 1. The van der Waals surface area contributed by atoms with Crippen LogP contribution in [0.1, 0.15) is 37.5 Å². The summed E-state index contributed by atoms with van der Waals surface area (Å²) in [6.45, 7) is 10.6. The molecule has 0 aromatic heterocycles. The third-order valence-corrected chi connectivity index (χ3v) is 4.55. The molecular formula is C23H31NO4. The van der Waals surface area contributed by atoms with Crippen molar-refractivity contribution in [3.63, 3.8) is 0 Å². The topological polar surface area (TPSA) is 51.2 Å². The second kappa shape index (κ2) is 8.95. The lowest BCUT2D eigenvalue weighted by molar-refractivity contribution is -0.0572. The molecule has 3 rings (SSSR count). The minimum absolute atomic E-state index is 0.264. The van der Waals surface area contributed by atoms with Crippen LogP contribution < -0.4 is 9.47 Å². The number of nitrogens with zero attached hydrogens (tertiary/aromatic N) is 1. The van der Waals surface area contributed by atoms with E-state index in [4.69, 9.17) is 14.2 Å². The second-order valence-corrected chi connectivity index (χ2v) is 8.42. The Morgan fingerprint density at radius 2 is 1.64 bits per heavy atom. The Labute approximate surface area is 167 Å². The van der Waals surface area contributed by atoms with Gasteiger partial charge >= 0.3 is 0 Å². The number of rotatable bonds is 8. The van der Waals surface area contributed by atoms with E-state index in [1.165, 1.54) is 11.1 Å². The van der Waals surface area contributed by atoms with Gasteiger partial charge in [0.05, 0.1) is 18.3 Å². The number of aliphatic hydroxyl groups is 1. The van der Waals surface area contributed by atoms with E-state index in [-0.39, 0.29) is 12.4 Å². The summed E-state index contributed by atoms with van der Waals surface area (Å²) >= 11 is 0. The maximum Gasteiger partial charge on any atom is 0.231 e. The molecule has 1 unspecified atom stereocenters. The lowest BCUT2D eigenvalue weighted by Gasteiger charge is -2.27. The summed E-state index contributed by atoms with van der Waals surface area (Å²) in [6.07, 6.45) is -0.557. The second-order valence-electron chi connectivity index (χ2n) is 8.42. The smallest absolute Gasteiger partial charge is 0.231 e. The van der Waals surface area contributed by atoms with Crippen LogP contribution in [0.2, 0.25) is 0 Å². The zero-order chi connectivity index (χ0) is 20.1. The molecule has 1 atom stereocenters. The molecule has 1 N–H and O–H groups in total. The van der Waals surface area contributed by atoms with Crippen LogP contribution in [0.25, 0.3) is 0 Å². The molecule has 1 aliphatic rings. The maximum atomic E-state index is 10.5. The van der Waals surface area contributed by atoms with Gasteiger partial charge in [0.15, 0.2) is 11.5 Å². The average molecular weight is 386 g/mol. The van der Waals surface area contributed by atoms with Gasteiger partial charge in [-0.3, -0.25) is 4.90 Å². The van der Waals surface area contributed by atoms with E-state index in [0.29, 0.717) is 19.7 Å². The Morgan fingerprint density at radius 1 is 1.00 bits per heavy atom. The molecule has 152 valence electrons. The number of aliphatic hydroxyl groups excluding tert-OH is 1. The third-order valence-electron chi connectivity index (χ3n) is 4.55. The monoisotopic (exact) mass is 385 g/mol. The molecule has 0 amide bonds. The van der Waals surface area contributed by atoms with Crippen molar-refractivity contribution in [3.05, 3.63) is 59.2 Å². The van der Waals surface area contributed by atoms with Gasteiger partial charge in [0.1, 0.15) is 0 Å². The van der Waals surface area contributed by atoms with Crippen LogP contribution in [0.3, 0.4) is 0 Å². The fraction of sp³-hybridized carbons (Fsp3) is 0.478. The zero-order valence-electron chi connectivity index (χ0n) is 17.3. The van der Waals surface area contributed by atoms with E-state index in [1.807, 2.05) is 39.0 Å². The Morgan fingerprint density at radius 3 is 2.36 bits per heavy atom. The summed E-state index contributed by atoms with van der Waals surface area (Å²) in [7, 11) is 0. The molecule has 0 fully saturated rings. The molecule has 0 bridgehead atoms. The zero-order valence-corrected chi connectivity index (χ0v) is 17.3.